The lowest BCUT2D eigenvalue weighted by molar-refractivity contribution is -0.117. The predicted octanol–water partition coefficient (Wildman–Crippen LogP) is 4.92. The van der Waals surface area contributed by atoms with Crippen LogP contribution in [0.4, 0.5) is 0 Å². The fourth-order valence-corrected chi connectivity index (χ4v) is 4.02. The molecule has 2 unspecified atom stereocenters. The normalized spacial score (nSPS) is 13.7. The monoisotopic (exact) mass is 302 g/mol. The summed E-state index contributed by atoms with van der Waals surface area (Å²) in [6.45, 7) is 3.98. The van der Waals surface area contributed by atoms with E-state index in [9.17, 15) is 4.79 Å². The van der Waals surface area contributed by atoms with Crippen molar-refractivity contribution in [3.63, 3.8) is 0 Å². The first-order chi connectivity index (χ1) is 9.66. The zero-order valence-corrected chi connectivity index (χ0v) is 13.3. The number of hydrogen-bond donors (Lipinski definition) is 0. The van der Waals surface area contributed by atoms with E-state index in [1.54, 1.807) is 23.5 Å². The molecule has 1 nitrogen and oxygen atoms in total. The Balaban J connectivity index is 1.93. The second-order valence-corrected chi connectivity index (χ2v) is 7.38. The molecule has 0 aliphatic carbocycles. The molecule has 2 aromatic rings. The molecule has 0 aliphatic rings. The molecule has 2 rings (SSSR count). The number of hydrogen-bond acceptors (Lipinski definition) is 3. The number of carbonyl (C=O) groups is 1. The van der Waals surface area contributed by atoms with E-state index in [-0.39, 0.29) is 16.3 Å². The standard InChI is InChI=1S/C17H18OS2/c1-13(19-15-9-5-3-6-10-15)17(18)14(2)20-16-11-7-4-8-12-16/h3-14H,1-2H3. The van der Waals surface area contributed by atoms with Crippen LogP contribution < -0.4 is 0 Å². The minimum Gasteiger partial charge on any atom is -0.297 e. The van der Waals surface area contributed by atoms with Gasteiger partial charge in [-0.05, 0) is 38.1 Å². The van der Waals surface area contributed by atoms with Crippen molar-refractivity contribution in [3.05, 3.63) is 60.7 Å². The topological polar surface area (TPSA) is 17.1 Å². The average Bonchev–Trinajstić information content (AvgIpc) is 2.48. The Kier molecular flexibility index (Phi) is 5.74. The molecule has 0 saturated carbocycles. The van der Waals surface area contributed by atoms with Crippen LogP contribution in [0.3, 0.4) is 0 Å². The van der Waals surface area contributed by atoms with Crippen LogP contribution in [-0.4, -0.2) is 16.3 Å². The van der Waals surface area contributed by atoms with Crippen molar-refractivity contribution in [1.82, 2.24) is 0 Å². The Morgan fingerprint density at radius 3 is 1.45 bits per heavy atom. The number of benzene rings is 2. The van der Waals surface area contributed by atoms with E-state index in [0.717, 1.165) is 9.79 Å². The van der Waals surface area contributed by atoms with Crippen molar-refractivity contribution in [2.45, 2.75) is 34.1 Å². The van der Waals surface area contributed by atoms with Gasteiger partial charge in [-0.2, -0.15) is 0 Å². The van der Waals surface area contributed by atoms with Crippen molar-refractivity contribution in [1.29, 1.82) is 0 Å². The Bertz CT molecular complexity index is 490. The van der Waals surface area contributed by atoms with Crippen LogP contribution >= 0.6 is 23.5 Å². The number of carbonyl (C=O) groups excluding carboxylic acids is 1. The molecule has 0 radical (unpaired) electrons. The van der Waals surface area contributed by atoms with Gasteiger partial charge in [0.25, 0.3) is 0 Å². The lowest BCUT2D eigenvalue weighted by Gasteiger charge is -2.15. The van der Waals surface area contributed by atoms with Gasteiger partial charge in [0.2, 0.25) is 0 Å². The van der Waals surface area contributed by atoms with Crippen LogP contribution in [0.15, 0.2) is 70.5 Å². The van der Waals surface area contributed by atoms with Crippen molar-refractivity contribution < 1.29 is 4.79 Å². The lowest BCUT2D eigenvalue weighted by Crippen LogP contribution is -2.23. The van der Waals surface area contributed by atoms with Crippen LogP contribution in [0, 0.1) is 0 Å². The molecule has 0 spiro atoms. The molecular formula is C17H18OS2. The summed E-state index contributed by atoms with van der Waals surface area (Å²) in [5, 5.41) is -0.0489. The molecule has 0 aliphatic heterocycles. The van der Waals surface area contributed by atoms with Gasteiger partial charge in [-0.25, -0.2) is 0 Å². The van der Waals surface area contributed by atoms with E-state index in [4.69, 9.17) is 0 Å². The molecule has 0 saturated heterocycles. The molecule has 0 amide bonds. The molecular weight excluding hydrogens is 284 g/mol. The summed E-state index contributed by atoms with van der Waals surface area (Å²) in [5.74, 6) is 0.285. The van der Waals surface area contributed by atoms with Crippen molar-refractivity contribution in [3.8, 4) is 0 Å². The second kappa shape index (κ2) is 7.55. The van der Waals surface area contributed by atoms with E-state index >= 15 is 0 Å². The largest absolute Gasteiger partial charge is 0.297 e. The molecule has 0 bridgehead atoms. The molecule has 0 heterocycles. The van der Waals surface area contributed by atoms with Crippen LogP contribution in [0.25, 0.3) is 0 Å². The third kappa shape index (κ3) is 4.43. The second-order valence-electron chi connectivity index (χ2n) is 4.55. The maximum absolute atomic E-state index is 12.4. The Labute approximate surface area is 129 Å². The predicted molar refractivity (Wildman–Crippen MR) is 88.5 cm³/mol. The molecule has 0 N–H and O–H groups in total. The van der Waals surface area contributed by atoms with Gasteiger partial charge >= 0.3 is 0 Å². The first kappa shape index (κ1) is 15.2. The quantitative estimate of drug-likeness (QED) is 0.705. The number of ketones is 1. The van der Waals surface area contributed by atoms with E-state index < -0.39 is 0 Å². The Hall–Kier alpha value is -1.19. The zero-order valence-electron chi connectivity index (χ0n) is 11.7. The highest BCUT2D eigenvalue weighted by Crippen LogP contribution is 2.29. The molecule has 104 valence electrons. The van der Waals surface area contributed by atoms with Crippen molar-refractivity contribution in [2.24, 2.45) is 0 Å². The highest BCUT2D eigenvalue weighted by Gasteiger charge is 2.21. The zero-order chi connectivity index (χ0) is 14.4. The van der Waals surface area contributed by atoms with Gasteiger partial charge in [0.15, 0.2) is 5.78 Å². The molecule has 20 heavy (non-hydrogen) atoms. The first-order valence-electron chi connectivity index (χ1n) is 6.64. The van der Waals surface area contributed by atoms with E-state index in [0.29, 0.717) is 0 Å². The number of Topliss-reactive ketones (excluding diaryl/α,β-unsaturated/α-hetero) is 1. The van der Waals surface area contributed by atoms with Crippen molar-refractivity contribution >= 4 is 29.3 Å². The van der Waals surface area contributed by atoms with Gasteiger partial charge in [-0.15, -0.1) is 23.5 Å². The summed E-state index contributed by atoms with van der Waals surface area (Å²) in [7, 11) is 0. The van der Waals surface area contributed by atoms with Gasteiger partial charge in [0.1, 0.15) is 0 Å². The lowest BCUT2D eigenvalue weighted by atomic mass is 10.2. The van der Waals surface area contributed by atoms with Gasteiger partial charge in [0, 0.05) is 9.79 Å². The van der Waals surface area contributed by atoms with Gasteiger partial charge < -0.3 is 0 Å². The molecule has 0 fully saturated rings. The number of rotatable bonds is 6. The number of thioether (sulfide) groups is 2. The summed E-state index contributed by atoms with van der Waals surface area (Å²) in [6, 6.07) is 20.2. The minimum atomic E-state index is -0.0244. The van der Waals surface area contributed by atoms with Gasteiger partial charge in [-0.3, -0.25) is 4.79 Å². The highest BCUT2D eigenvalue weighted by atomic mass is 32.2. The maximum atomic E-state index is 12.4. The molecule has 2 aromatic carbocycles. The van der Waals surface area contributed by atoms with Crippen LogP contribution in [-0.2, 0) is 4.79 Å². The average molecular weight is 302 g/mol. The van der Waals surface area contributed by atoms with E-state index in [1.165, 1.54) is 0 Å². The third-order valence-corrected chi connectivity index (χ3v) is 5.17. The van der Waals surface area contributed by atoms with Crippen LogP contribution in [0.1, 0.15) is 13.8 Å². The van der Waals surface area contributed by atoms with Gasteiger partial charge in [-0.1, -0.05) is 36.4 Å². The SMILES string of the molecule is CC(Sc1ccccc1)C(=O)C(C)Sc1ccccc1. The summed E-state index contributed by atoms with van der Waals surface area (Å²) in [5.41, 5.74) is 0. The summed E-state index contributed by atoms with van der Waals surface area (Å²) < 4.78 is 0. The maximum Gasteiger partial charge on any atom is 0.158 e. The fraction of sp³-hybridized carbons (Fsp3) is 0.235. The molecule has 3 heteroatoms. The minimum absolute atomic E-state index is 0.0244. The Morgan fingerprint density at radius 2 is 1.10 bits per heavy atom. The molecule has 2 atom stereocenters. The van der Waals surface area contributed by atoms with Crippen LogP contribution in [0.2, 0.25) is 0 Å². The molecule has 0 aromatic heterocycles. The van der Waals surface area contributed by atoms with Gasteiger partial charge in [0.05, 0.1) is 10.5 Å². The summed E-state index contributed by atoms with van der Waals surface area (Å²) >= 11 is 3.26. The third-order valence-electron chi connectivity index (χ3n) is 2.91. The van der Waals surface area contributed by atoms with E-state index in [1.807, 2.05) is 74.5 Å². The summed E-state index contributed by atoms with van der Waals surface area (Å²) in [4.78, 5) is 14.7. The Morgan fingerprint density at radius 1 is 0.750 bits per heavy atom. The summed E-state index contributed by atoms with van der Waals surface area (Å²) in [6.07, 6.45) is 0. The highest BCUT2D eigenvalue weighted by molar-refractivity contribution is 8.02. The smallest absolute Gasteiger partial charge is 0.158 e. The van der Waals surface area contributed by atoms with Crippen molar-refractivity contribution in [2.75, 3.05) is 0 Å². The van der Waals surface area contributed by atoms with Crippen LogP contribution in [0.5, 0.6) is 0 Å². The first-order valence-corrected chi connectivity index (χ1v) is 8.40. The fourth-order valence-electron chi connectivity index (χ4n) is 1.85. The van der Waals surface area contributed by atoms with E-state index in [2.05, 4.69) is 0 Å².